The number of ether oxygens (including phenoxy) is 2. The highest BCUT2D eigenvalue weighted by molar-refractivity contribution is 7.16. The van der Waals surface area contributed by atoms with E-state index in [4.69, 9.17) is 14.6 Å². The van der Waals surface area contributed by atoms with Crippen LogP contribution in [-0.2, 0) is 22.5 Å². The molecule has 1 aliphatic heterocycles. The van der Waals surface area contributed by atoms with E-state index in [-0.39, 0.29) is 31.5 Å². The molecule has 32 heavy (non-hydrogen) atoms. The number of nitrogens with zero attached hydrogens (tertiary/aromatic N) is 2. The molecule has 0 fully saturated rings. The lowest BCUT2D eigenvalue weighted by Gasteiger charge is -2.26. The number of aliphatic hydroxyl groups is 1. The molecule has 2 aromatic rings. The molecule has 9 heteroatoms. The van der Waals surface area contributed by atoms with Crippen LogP contribution in [0.15, 0.2) is 24.3 Å². The lowest BCUT2D eigenvalue weighted by atomic mass is 9.97. The Hall–Kier alpha value is -3.09. The van der Waals surface area contributed by atoms with E-state index in [1.165, 1.54) is 16.2 Å². The van der Waals surface area contributed by atoms with Crippen molar-refractivity contribution in [2.45, 2.75) is 39.2 Å². The second kappa shape index (κ2) is 11.0. The Bertz CT molecular complexity index is 1010. The third-order valence-electron chi connectivity index (χ3n) is 5.23. The number of aliphatic hydroxyl groups excluding tert-OH is 1. The van der Waals surface area contributed by atoms with Crippen LogP contribution in [0.5, 0.6) is 5.75 Å². The van der Waals surface area contributed by atoms with Gasteiger partial charge in [0, 0.05) is 17.8 Å². The molecule has 2 amide bonds. The molecule has 170 valence electrons. The van der Waals surface area contributed by atoms with Crippen LogP contribution >= 0.6 is 11.3 Å². The summed E-state index contributed by atoms with van der Waals surface area (Å²) in [5.74, 6) is 0.581. The molecular weight excluding hydrogens is 430 g/mol. The fourth-order valence-corrected chi connectivity index (χ4v) is 4.87. The topological polar surface area (TPSA) is 112 Å². The van der Waals surface area contributed by atoms with Gasteiger partial charge in [0.25, 0.3) is 0 Å². The first kappa shape index (κ1) is 23.6. The smallest absolute Gasteiger partial charge is 0.410 e. The molecule has 2 N–H and O–H groups in total. The van der Waals surface area contributed by atoms with E-state index in [0.717, 1.165) is 21.8 Å². The van der Waals surface area contributed by atoms with Crippen molar-refractivity contribution in [3.8, 4) is 11.8 Å². The Kier molecular flexibility index (Phi) is 8.09. The number of hydrogen-bond acceptors (Lipinski definition) is 7. The molecule has 0 spiro atoms. The highest BCUT2D eigenvalue weighted by atomic mass is 32.1. The molecule has 0 radical (unpaired) electrons. The van der Waals surface area contributed by atoms with Gasteiger partial charge in [0.1, 0.15) is 23.4 Å². The molecule has 8 nitrogen and oxygen atoms in total. The molecule has 3 rings (SSSR count). The van der Waals surface area contributed by atoms with Crippen molar-refractivity contribution in [3.63, 3.8) is 0 Å². The van der Waals surface area contributed by atoms with Crippen LogP contribution in [0.3, 0.4) is 0 Å². The molecule has 0 saturated heterocycles. The van der Waals surface area contributed by atoms with Crippen LogP contribution in [0.2, 0.25) is 0 Å². The number of rotatable bonds is 8. The van der Waals surface area contributed by atoms with Crippen LogP contribution in [0.25, 0.3) is 0 Å². The normalized spacial score (nSPS) is 13.6. The van der Waals surface area contributed by atoms with Gasteiger partial charge in [-0.2, -0.15) is 5.26 Å². The summed E-state index contributed by atoms with van der Waals surface area (Å²) in [5.41, 5.74) is 2.35. The van der Waals surface area contributed by atoms with Crippen molar-refractivity contribution in [1.29, 1.82) is 5.26 Å². The SMILES string of the molecule is CCOc1cccc([C@@H](C)CC(=O)Nc2sc3c(c2C#N)CCN(C(=O)OCCO)C3)c1. The highest BCUT2D eigenvalue weighted by Gasteiger charge is 2.28. The van der Waals surface area contributed by atoms with Gasteiger partial charge >= 0.3 is 6.09 Å². The number of hydrogen-bond donors (Lipinski definition) is 2. The number of nitrogens with one attached hydrogen (secondary N) is 1. The van der Waals surface area contributed by atoms with Crippen molar-refractivity contribution in [1.82, 2.24) is 4.90 Å². The lowest BCUT2D eigenvalue weighted by molar-refractivity contribution is -0.116. The first-order chi connectivity index (χ1) is 15.5. The fourth-order valence-electron chi connectivity index (χ4n) is 3.64. The quantitative estimate of drug-likeness (QED) is 0.626. The van der Waals surface area contributed by atoms with E-state index in [2.05, 4.69) is 11.4 Å². The Morgan fingerprint density at radius 3 is 2.94 bits per heavy atom. The summed E-state index contributed by atoms with van der Waals surface area (Å²) in [7, 11) is 0. The molecule has 1 aromatic heterocycles. The number of benzene rings is 1. The number of carbonyl (C=O) groups is 2. The maximum absolute atomic E-state index is 12.7. The predicted molar refractivity (Wildman–Crippen MR) is 121 cm³/mol. The van der Waals surface area contributed by atoms with E-state index in [1.54, 1.807) is 0 Å². The van der Waals surface area contributed by atoms with Gasteiger partial charge in [-0.1, -0.05) is 19.1 Å². The summed E-state index contributed by atoms with van der Waals surface area (Å²) in [4.78, 5) is 27.2. The molecular formula is C23H27N3O5S. The maximum atomic E-state index is 12.7. The molecule has 1 aliphatic rings. The zero-order valence-corrected chi connectivity index (χ0v) is 19.0. The number of anilines is 1. The Labute approximate surface area is 191 Å². The van der Waals surface area contributed by atoms with Gasteiger partial charge in [-0.05, 0) is 42.5 Å². The lowest BCUT2D eigenvalue weighted by Crippen LogP contribution is -2.36. The van der Waals surface area contributed by atoms with Gasteiger partial charge in [-0.25, -0.2) is 4.79 Å². The van der Waals surface area contributed by atoms with Crippen molar-refractivity contribution in [2.24, 2.45) is 0 Å². The summed E-state index contributed by atoms with van der Waals surface area (Å²) in [6, 6.07) is 9.91. The zero-order valence-electron chi connectivity index (χ0n) is 18.2. The van der Waals surface area contributed by atoms with Crippen molar-refractivity contribution in [3.05, 3.63) is 45.8 Å². The van der Waals surface area contributed by atoms with E-state index in [9.17, 15) is 14.9 Å². The first-order valence-electron chi connectivity index (χ1n) is 10.6. The minimum absolute atomic E-state index is 0.0210. The van der Waals surface area contributed by atoms with Crippen LogP contribution in [-0.4, -0.2) is 48.4 Å². The number of thiophene rings is 1. The fraction of sp³-hybridized carbons (Fsp3) is 0.435. The summed E-state index contributed by atoms with van der Waals surface area (Å²) >= 11 is 1.32. The van der Waals surface area contributed by atoms with Crippen LogP contribution in [0.4, 0.5) is 9.80 Å². The van der Waals surface area contributed by atoms with E-state index < -0.39 is 6.09 Å². The molecule has 0 bridgehead atoms. The van der Waals surface area contributed by atoms with Crippen LogP contribution in [0, 0.1) is 11.3 Å². The monoisotopic (exact) mass is 457 g/mol. The Morgan fingerprint density at radius 2 is 2.22 bits per heavy atom. The summed E-state index contributed by atoms with van der Waals surface area (Å²) < 4.78 is 10.5. The Balaban J connectivity index is 1.67. The predicted octanol–water partition coefficient (Wildman–Crippen LogP) is 3.64. The van der Waals surface area contributed by atoms with Gasteiger partial charge in [-0.15, -0.1) is 11.3 Å². The highest BCUT2D eigenvalue weighted by Crippen LogP contribution is 2.37. The number of fused-ring (bicyclic) bond motifs is 1. The summed E-state index contributed by atoms with van der Waals surface area (Å²) in [6.45, 7) is 4.93. The molecule has 2 heterocycles. The average Bonchev–Trinajstić information content (AvgIpc) is 3.13. The van der Waals surface area contributed by atoms with Gasteiger partial charge in [0.2, 0.25) is 5.91 Å². The first-order valence-corrected chi connectivity index (χ1v) is 11.4. The minimum atomic E-state index is -0.495. The van der Waals surface area contributed by atoms with Crippen molar-refractivity contribution < 1.29 is 24.2 Å². The maximum Gasteiger partial charge on any atom is 0.410 e. The minimum Gasteiger partial charge on any atom is -0.494 e. The van der Waals surface area contributed by atoms with E-state index in [1.807, 2.05) is 38.1 Å². The molecule has 0 saturated carbocycles. The van der Waals surface area contributed by atoms with Gasteiger partial charge in [0.05, 0.1) is 25.3 Å². The molecule has 1 atom stereocenters. The van der Waals surface area contributed by atoms with E-state index in [0.29, 0.717) is 36.7 Å². The third kappa shape index (κ3) is 5.58. The second-order valence-corrected chi connectivity index (χ2v) is 8.59. The average molecular weight is 458 g/mol. The standard InChI is InChI=1S/C23H27N3O5S/c1-3-30-17-6-4-5-16(12-17)15(2)11-21(28)25-22-19(13-24)18-7-8-26(14-20(18)32-22)23(29)31-10-9-27/h4-6,12,15,27H,3,7-11,14H2,1-2H3,(H,25,28)/t15-/m0/s1. The van der Waals surface area contributed by atoms with Crippen molar-refractivity contribution in [2.75, 3.05) is 31.7 Å². The van der Waals surface area contributed by atoms with E-state index >= 15 is 0 Å². The molecule has 0 aliphatic carbocycles. The zero-order chi connectivity index (χ0) is 23.1. The number of carbonyl (C=O) groups excluding carboxylic acids is 2. The van der Waals surface area contributed by atoms with Gasteiger partial charge < -0.3 is 24.8 Å². The second-order valence-electron chi connectivity index (χ2n) is 7.49. The summed E-state index contributed by atoms with van der Waals surface area (Å²) in [6.07, 6.45) is 0.285. The number of nitriles is 1. The summed E-state index contributed by atoms with van der Waals surface area (Å²) in [5, 5.41) is 21.9. The van der Waals surface area contributed by atoms with Crippen LogP contribution in [0.1, 0.15) is 47.8 Å². The Morgan fingerprint density at radius 1 is 1.41 bits per heavy atom. The third-order valence-corrected chi connectivity index (χ3v) is 6.36. The van der Waals surface area contributed by atoms with Crippen LogP contribution < -0.4 is 10.1 Å². The van der Waals surface area contributed by atoms with Gasteiger partial charge in [0.15, 0.2) is 0 Å². The largest absolute Gasteiger partial charge is 0.494 e. The van der Waals surface area contributed by atoms with Crippen molar-refractivity contribution >= 4 is 28.3 Å². The number of amides is 2. The van der Waals surface area contributed by atoms with Gasteiger partial charge in [-0.3, -0.25) is 4.79 Å². The molecule has 1 aromatic carbocycles. The molecule has 0 unspecified atom stereocenters.